The first-order valence-corrected chi connectivity index (χ1v) is 7.41. The highest BCUT2D eigenvalue weighted by molar-refractivity contribution is 7.87. The fourth-order valence-electron chi connectivity index (χ4n) is 1.02. The molecule has 0 aliphatic heterocycles. The molecule has 1 heterocycles. The molecule has 5 nitrogen and oxygen atoms in total. The molecule has 0 aromatic carbocycles. The molecule has 1 aromatic heterocycles. The molecular formula is C10H12F8N2O3S. The van der Waals surface area contributed by atoms with E-state index >= 15 is 0 Å². The fraction of sp³-hybridized carbons (Fsp3) is 0.700. The Morgan fingerprint density at radius 1 is 1.12 bits per heavy atom. The van der Waals surface area contributed by atoms with Gasteiger partial charge in [-0.25, -0.2) is 22.5 Å². The van der Waals surface area contributed by atoms with Crippen LogP contribution in [0.15, 0.2) is 18.7 Å². The summed E-state index contributed by atoms with van der Waals surface area (Å²) in [7, 11) is -6.88. The van der Waals surface area contributed by atoms with Crippen LogP contribution in [0.3, 0.4) is 0 Å². The first kappa shape index (κ1) is 22.6. The second-order valence-corrected chi connectivity index (χ2v) is 5.68. The summed E-state index contributed by atoms with van der Waals surface area (Å²) >= 11 is 0. The van der Waals surface area contributed by atoms with Crippen molar-refractivity contribution in [3.8, 4) is 0 Å². The van der Waals surface area contributed by atoms with Crippen LogP contribution in [0.4, 0.5) is 35.1 Å². The van der Waals surface area contributed by atoms with E-state index in [0.717, 1.165) is 6.54 Å². The van der Waals surface area contributed by atoms with Crippen molar-refractivity contribution in [1.29, 1.82) is 0 Å². The number of halogens is 8. The normalized spacial score (nSPS) is 13.1. The van der Waals surface area contributed by atoms with Gasteiger partial charge in [0.15, 0.2) is 0 Å². The summed E-state index contributed by atoms with van der Waals surface area (Å²) in [5.74, 6) is 0. The van der Waals surface area contributed by atoms with Gasteiger partial charge in [0, 0.05) is 18.9 Å². The Morgan fingerprint density at radius 3 is 2.00 bits per heavy atom. The number of aryl methyl sites for hydroxylation is 1. The molecule has 0 radical (unpaired) electrons. The quantitative estimate of drug-likeness (QED) is 0.528. The Balaban J connectivity index is 0.000000546. The van der Waals surface area contributed by atoms with E-state index in [9.17, 15) is 43.5 Å². The third-order valence-electron chi connectivity index (χ3n) is 2.10. The van der Waals surface area contributed by atoms with Crippen molar-refractivity contribution in [3.05, 3.63) is 18.7 Å². The molecule has 0 N–H and O–H groups in total. The lowest BCUT2D eigenvalue weighted by Gasteiger charge is -2.19. The van der Waals surface area contributed by atoms with Gasteiger partial charge in [0.2, 0.25) is 0 Å². The van der Waals surface area contributed by atoms with Gasteiger partial charge in [-0.2, -0.15) is 30.2 Å². The minimum absolute atomic E-state index is 1.08. The fourth-order valence-corrected chi connectivity index (χ4v) is 1.72. The van der Waals surface area contributed by atoms with E-state index in [1.807, 2.05) is 12.5 Å². The van der Waals surface area contributed by atoms with Gasteiger partial charge in [0.05, 0.1) is 6.33 Å². The van der Waals surface area contributed by atoms with Gasteiger partial charge < -0.3 is 4.57 Å². The predicted octanol–water partition coefficient (Wildman–Crippen LogP) is 3.34. The molecule has 0 amide bonds. The Hall–Kier alpha value is -1.44. The molecule has 142 valence electrons. The van der Waals surface area contributed by atoms with Crippen molar-refractivity contribution >= 4 is 10.1 Å². The molecule has 0 saturated heterocycles. The maximum Gasteiger partial charge on any atom is 0.430 e. The van der Waals surface area contributed by atoms with Crippen molar-refractivity contribution in [1.82, 2.24) is 9.55 Å². The molecule has 0 aliphatic rings. The maximum atomic E-state index is 12.1. The molecule has 1 rings (SSSR count). The first-order chi connectivity index (χ1) is 10.8. The lowest BCUT2D eigenvalue weighted by molar-refractivity contribution is -0.255. The van der Waals surface area contributed by atoms with Gasteiger partial charge in [0.25, 0.3) is 0 Å². The summed E-state index contributed by atoms with van der Waals surface area (Å²) in [6.45, 7) is 3.24. The van der Waals surface area contributed by atoms with Gasteiger partial charge in [-0.3, -0.25) is 0 Å². The van der Waals surface area contributed by atoms with Gasteiger partial charge in [-0.1, -0.05) is 6.92 Å². The number of hydrogen-bond acceptors (Lipinski definition) is 4. The summed E-state index contributed by atoms with van der Waals surface area (Å²) in [5, 5.41) is -6.01. The van der Waals surface area contributed by atoms with Crippen LogP contribution in [0.1, 0.15) is 13.3 Å². The van der Waals surface area contributed by atoms with Crippen LogP contribution >= 0.6 is 0 Å². The summed E-state index contributed by atoms with van der Waals surface area (Å²) in [6.07, 6.45) is -8.68. The lowest BCUT2D eigenvalue weighted by atomic mass is 10.5. The summed E-state index contributed by atoms with van der Waals surface area (Å²) < 4.78 is 118. The van der Waals surface area contributed by atoms with Crippen molar-refractivity contribution in [2.24, 2.45) is 0 Å². The van der Waals surface area contributed by atoms with Gasteiger partial charge in [0.1, 0.15) is 0 Å². The van der Waals surface area contributed by atoms with Crippen LogP contribution in [0.5, 0.6) is 0 Å². The highest BCUT2D eigenvalue weighted by Crippen LogP contribution is 2.36. The first-order valence-electron chi connectivity index (χ1n) is 6.00. The minimum atomic E-state index is -6.88. The molecule has 24 heavy (non-hydrogen) atoms. The van der Waals surface area contributed by atoms with Crippen molar-refractivity contribution in [3.63, 3.8) is 0 Å². The molecule has 0 spiro atoms. The van der Waals surface area contributed by atoms with Gasteiger partial charge >= 0.3 is 34.3 Å². The van der Waals surface area contributed by atoms with Crippen LogP contribution in [0, 0.1) is 0 Å². The number of nitrogens with zero attached hydrogens (tertiary/aromatic N) is 2. The molecule has 0 unspecified atom stereocenters. The monoisotopic (exact) mass is 392 g/mol. The standard InChI is InChI=1S/C6H10N2.C4H2F8O3S/c1-2-4-8-5-3-7-6-8;5-1(6)3(9,10)15-16(13,14)4(11,12)2(7)8/h3,5-6H,2,4H2,1H3;1-2H. The van der Waals surface area contributed by atoms with Crippen molar-refractivity contribution in [2.75, 3.05) is 0 Å². The van der Waals surface area contributed by atoms with E-state index in [1.54, 1.807) is 6.20 Å². The Morgan fingerprint density at radius 2 is 1.67 bits per heavy atom. The zero-order valence-corrected chi connectivity index (χ0v) is 12.7. The maximum absolute atomic E-state index is 12.1. The molecule has 0 fully saturated rings. The van der Waals surface area contributed by atoms with E-state index in [-0.39, 0.29) is 0 Å². The average Bonchev–Trinajstić information content (AvgIpc) is 2.91. The van der Waals surface area contributed by atoms with E-state index < -0.39 is 34.3 Å². The Kier molecular flexibility index (Phi) is 8.08. The topological polar surface area (TPSA) is 61.2 Å². The predicted molar refractivity (Wildman–Crippen MR) is 64.4 cm³/mol. The van der Waals surface area contributed by atoms with E-state index in [0.29, 0.717) is 0 Å². The van der Waals surface area contributed by atoms with Crippen LogP contribution in [0.25, 0.3) is 0 Å². The van der Waals surface area contributed by atoms with Crippen molar-refractivity contribution in [2.45, 2.75) is 44.1 Å². The van der Waals surface area contributed by atoms with Crippen LogP contribution in [-0.4, -0.2) is 42.2 Å². The number of hydrogen-bond donors (Lipinski definition) is 0. The highest BCUT2D eigenvalue weighted by Gasteiger charge is 2.60. The van der Waals surface area contributed by atoms with Crippen LogP contribution in [-0.2, 0) is 20.8 Å². The second-order valence-electron chi connectivity index (χ2n) is 4.06. The molecule has 14 heteroatoms. The Bertz CT molecular complexity index is 577. The molecule has 0 atom stereocenters. The van der Waals surface area contributed by atoms with E-state index in [4.69, 9.17) is 0 Å². The minimum Gasteiger partial charge on any atom is -0.338 e. The number of imidazole rings is 1. The van der Waals surface area contributed by atoms with Gasteiger partial charge in [-0.05, 0) is 6.42 Å². The van der Waals surface area contributed by atoms with Crippen LogP contribution in [0.2, 0.25) is 0 Å². The Labute approximate surface area is 131 Å². The summed E-state index contributed by atoms with van der Waals surface area (Å²) in [6, 6.07) is 0. The smallest absolute Gasteiger partial charge is 0.338 e. The van der Waals surface area contributed by atoms with E-state index in [2.05, 4.69) is 20.7 Å². The number of alkyl halides is 8. The summed E-state index contributed by atoms with van der Waals surface area (Å²) in [5.41, 5.74) is 0. The highest BCUT2D eigenvalue weighted by atomic mass is 32.2. The van der Waals surface area contributed by atoms with Gasteiger partial charge in [-0.15, -0.1) is 0 Å². The zero-order chi connectivity index (χ0) is 19.2. The molecule has 0 bridgehead atoms. The average molecular weight is 392 g/mol. The second kappa shape index (κ2) is 8.60. The number of aromatic nitrogens is 2. The third-order valence-corrected chi connectivity index (χ3v) is 3.39. The SMILES string of the molecule is CCCn1ccnc1.O=S(=O)(OC(F)(F)C(F)F)C(F)(F)C(F)F. The number of rotatable bonds is 7. The molecule has 0 aliphatic carbocycles. The zero-order valence-electron chi connectivity index (χ0n) is 11.9. The van der Waals surface area contributed by atoms with Crippen LogP contribution < -0.4 is 0 Å². The molecule has 1 aromatic rings. The molecule has 0 saturated carbocycles. The van der Waals surface area contributed by atoms with Crippen molar-refractivity contribution < 1.29 is 47.7 Å². The third kappa shape index (κ3) is 6.22. The summed E-state index contributed by atoms with van der Waals surface area (Å²) in [4.78, 5) is 3.90. The largest absolute Gasteiger partial charge is 0.430 e. The lowest BCUT2D eigenvalue weighted by Crippen LogP contribution is -2.43. The van der Waals surface area contributed by atoms with E-state index in [1.165, 1.54) is 6.42 Å². The molecular weight excluding hydrogens is 380 g/mol.